The summed E-state index contributed by atoms with van der Waals surface area (Å²) in [5.74, 6) is 0.519. The van der Waals surface area contributed by atoms with Crippen LogP contribution in [-0.4, -0.2) is 20.0 Å². The average Bonchev–Trinajstić information content (AvgIpc) is 2.78. The third-order valence-electron chi connectivity index (χ3n) is 1.91. The third-order valence-corrected chi connectivity index (χ3v) is 1.91. The first-order valence-electron chi connectivity index (χ1n) is 4.57. The molecule has 0 fully saturated rings. The largest absolute Gasteiger partial charge is 0.368 e. The van der Waals surface area contributed by atoms with Gasteiger partial charge in [-0.2, -0.15) is 4.98 Å². The van der Waals surface area contributed by atoms with Gasteiger partial charge >= 0.3 is 5.69 Å². The van der Waals surface area contributed by atoms with E-state index in [1.807, 2.05) is 0 Å². The van der Waals surface area contributed by atoms with E-state index in [1.165, 1.54) is 6.20 Å². The van der Waals surface area contributed by atoms with Crippen LogP contribution in [0.2, 0.25) is 0 Å². The maximum Gasteiger partial charge on any atom is 0.329 e. The zero-order valence-electron chi connectivity index (χ0n) is 8.53. The number of hydrogen-bond acceptors (Lipinski definition) is 8. The highest BCUT2D eigenvalue weighted by Crippen LogP contribution is 2.21. The standard InChI is InChI=1S/C8H8N6O3/c9-8-11-4-6(14(15)16)7(13-8)10-3-5-1-2-12-17-5/h1-2,4H,3H2,(H3,9,10,11,13). The fraction of sp³-hybridized carbons (Fsp3) is 0.125. The molecule has 9 heteroatoms. The van der Waals surface area contributed by atoms with Gasteiger partial charge in [0.15, 0.2) is 5.76 Å². The first-order valence-corrected chi connectivity index (χ1v) is 4.57. The lowest BCUT2D eigenvalue weighted by molar-refractivity contribution is -0.384. The van der Waals surface area contributed by atoms with E-state index < -0.39 is 4.92 Å². The molecule has 0 aliphatic rings. The lowest BCUT2D eigenvalue weighted by Crippen LogP contribution is -2.07. The number of hydrogen-bond donors (Lipinski definition) is 2. The van der Waals surface area contributed by atoms with Gasteiger partial charge in [0.05, 0.1) is 17.7 Å². The summed E-state index contributed by atoms with van der Waals surface area (Å²) in [6.07, 6.45) is 2.52. The van der Waals surface area contributed by atoms with E-state index in [-0.39, 0.29) is 24.0 Å². The van der Waals surface area contributed by atoms with Crippen LogP contribution in [0, 0.1) is 10.1 Å². The van der Waals surface area contributed by atoms with Gasteiger partial charge in [-0.15, -0.1) is 0 Å². The molecule has 0 aromatic carbocycles. The average molecular weight is 236 g/mol. The van der Waals surface area contributed by atoms with Crippen molar-refractivity contribution in [1.29, 1.82) is 0 Å². The van der Waals surface area contributed by atoms with Gasteiger partial charge in [-0.05, 0) is 0 Å². The molecule has 0 aliphatic heterocycles. The van der Waals surface area contributed by atoms with Crippen molar-refractivity contribution in [3.8, 4) is 0 Å². The van der Waals surface area contributed by atoms with Crippen LogP contribution in [0.5, 0.6) is 0 Å². The van der Waals surface area contributed by atoms with E-state index in [1.54, 1.807) is 6.07 Å². The summed E-state index contributed by atoms with van der Waals surface area (Å²) in [5, 5.41) is 16.9. The number of rotatable bonds is 4. The minimum Gasteiger partial charge on any atom is -0.368 e. The highest BCUT2D eigenvalue weighted by molar-refractivity contribution is 5.56. The van der Waals surface area contributed by atoms with Crippen LogP contribution in [-0.2, 0) is 6.54 Å². The van der Waals surface area contributed by atoms with Crippen molar-refractivity contribution >= 4 is 17.5 Å². The fourth-order valence-corrected chi connectivity index (χ4v) is 1.16. The molecule has 0 spiro atoms. The zero-order chi connectivity index (χ0) is 12.3. The smallest absolute Gasteiger partial charge is 0.329 e. The second-order valence-electron chi connectivity index (χ2n) is 3.05. The Morgan fingerprint density at radius 2 is 2.41 bits per heavy atom. The third kappa shape index (κ3) is 2.45. The van der Waals surface area contributed by atoms with Gasteiger partial charge < -0.3 is 15.6 Å². The molecule has 88 valence electrons. The Kier molecular flexibility index (Phi) is 2.81. The van der Waals surface area contributed by atoms with Crippen molar-refractivity contribution in [1.82, 2.24) is 15.1 Å². The zero-order valence-corrected chi connectivity index (χ0v) is 8.53. The first-order chi connectivity index (χ1) is 8.16. The molecule has 0 saturated heterocycles. The predicted octanol–water partition coefficient (Wildman–Crippen LogP) is 0.567. The number of aromatic nitrogens is 3. The van der Waals surface area contributed by atoms with E-state index in [9.17, 15) is 10.1 Å². The predicted molar refractivity (Wildman–Crippen MR) is 56.9 cm³/mol. The summed E-state index contributed by atoms with van der Waals surface area (Å²) in [5.41, 5.74) is 5.10. The van der Waals surface area contributed by atoms with Gasteiger partial charge in [0.25, 0.3) is 0 Å². The molecule has 0 aliphatic carbocycles. The highest BCUT2D eigenvalue weighted by Gasteiger charge is 2.16. The number of nitrogen functional groups attached to an aromatic ring is 1. The summed E-state index contributed by atoms with van der Waals surface area (Å²) in [7, 11) is 0. The lowest BCUT2D eigenvalue weighted by Gasteiger charge is -2.03. The maximum absolute atomic E-state index is 10.7. The van der Waals surface area contributed by atoms with Gasteiger partial charge in [-0.3, -0.25) is 10.1 Å². The molecule has 0 saturated carbocycles. The Morgan fingerprint density at radius 1 is 1.59 bits per heavy atom. The van der Waals surface area contributed by atoms with Gasteiger partial charge in [0, 0.05) is 6.07 Å². The quantitative estimate of drug-likeness (QED) is 0.581. The minimum atomic E-state index is -0.595. The Bertz CT molecular complexity index is 526. The lowest BCUT2D eigenvalue weighted by atomic mass is 10.4. The van der Waals surface area contributed by atoms with Gasteiger partial charge in [-0.1, -0.05) is 5.16 Å². The Labute approximate surface area is 94.8 Å². The molecule has 2 aromatic rings. The SMILES string of the molecule is Nc1ncc([N+](=O)[O-])c(NCc2ccno2)n1. The van der Waals surface area contributed by atoms with E-state index >= 15 is 0 Å². The Balaban J connectivity index is 2.19. The van der Waals surface area contributed by atoms with E-state index in [2.05, 4.69) is 20.4 Å². The van der Waals surface area contributed by atoms with Gasteiger partial charge in [0.2, 0.25) is 11.8 Å². The number of nitrogens with zero attached hydrogens (tertiary/aromatic N) is 4. The van der Waals surface area contributed by atoms with Crippen molar-refractivity contribution in [3.63, 3.8) is 0 Å². The van der Waals surface area contributed by atoms with Crippen LogP contribution in [0.25, 0.3) is 0 Å². The number of nitrogens with one attached hydrogen (secondary N) is 1. The molecule has 2 aromatic heterocycles. The molecular formula is C8H8N6O3. The van der Waals surface area contributed by atoms with Crippen molar-refractivity contribution in [2.75, 3.05) is 11.1 Å². The van der Waals surface area contributed by atoms with Gasteiger partial charge in [0.1, 0.15) is 6.20 Å². The van der Waals surface area contributed by atoms with E-state index in [0.29, 0.717) is 5.76 Å². The number of nitro groups is 1. The second kappa shape index (κ2) is 4.43. The topological polar surface area (TPSA) is 133 Å². The van der Waals surface area contributed by atoms with Crippen molar-refractivity contribution in [2.45, 2.75) is 6.54 Å². The molecule has 9 nitrogen and oxygen atoms in total. The van der Waals surface area contributed by atoms with Crippen LogP contribution in [0.15, 0.2) is 23.0 Å². The number of nitrogens with two attached hydrogens (primary N) is 1. The summed E-state index contributed by atoms with van der Waals surface area (Å²) >= 11 is 0. The minimum absolute atomic E-state index is 0.0406. The summed E-state index contributed by atoms with van der Waals surface area (Å²) in [4.78, 5) is 17.4. The molecule has 2 heterocycles. The molecule has 2 rings (SSSR count). The normalized spacial score (nSPS) is 10.1. The van der Waals surface area contributed by atoms with Crippen LogP contribution in [0.3, 0.4) is 0 Å². The van der Waals surface area contributed by atoms with Crippen LogP contribution in [0.1, 0.15) is 5.76 Å². The van der Waals surface area contributed by atoms with Crippen LogP contribution >= 0.6 is 0 Å². The molecular weight excluding hydrogens is 228 g/mol. The molecule has 0 radical (unpaired) electrons. The second-order valence-corrected chi connectivity index (χ2v) is 3.05. The summed E-state index contributed by atoms with van der Waals surface area (Å²) in [6.45, 7) is 0.220. The first kappa shape index (κ1) is 10.8. The van der Waals surface area contributed by atoms with Gasteiger partial charge in [-0.25, -0.2) is 4.98 Å². The molecule has 3 N–H and O–H groups in total. The molecule has 0 unspecified atom stereocenters. The molecule has 17 heavy (non-hydrogen) atoms. The summed E-state index contributed by atoms with van der Waals surface area (Å²) < 4.78 is 4.83. The monoisotopic (exact) mass is 236 g/mol. The Morgan fingerprint density at radius 3 is 3.06 bits per heavy atom. The van der Waals surface area contributed by atoms with E-state index in [4.69, 9.17) is 10.3 Å². The van der Waals surface area contributed by atoms with Crippen molar-refractivity contribution in [2.24, 2.45) is 0 Å². The van der Waals surface area contributed by atoms with Crippen molar-refractivity contribution < 1.29 is 9.45 Å². The Hall–Kier alpha value is -2.71. The molecule has 0 bridgehead atoms. The maximum atomic E-state index is 10.7. The molecule has 0 atom stereocenters. The van der Waals surface area contributed by atoms with Crippen LogP contribution in [0.4, 0.5) is 17.5 Å². The highest BCUT2D eigenvalue weighted by atomic mass is 16.6. The molecule has 0 amide bonds. The van der Waals surface area contributed by atoms with Crippen LogP contribution < -0.4 is 11.1 Å². The van der Waals surface area contributed by atoms with E-state index in [0.717, 1.165) is 6.20 Å². The van der Waals surface area contributed by atoms with Crippen molar-refractivity contribution in [3.05, 3.63) is 34.3 Å². The fourth-order valence-electron chi connectivity index (χ4n) is 1.16. The summed E-state index contributed by atoms with van der Waals surface area (Å²) in [6, 6.07) is 1.63. The number of anilines is 2.